The zero-order chi connectivity index (χ0) is 18.6. The molecule has 2 saturated carbocycles. The predicted octanol–water partition coefficient (Wildman–Crippen LogP) is 5.92. The second kappa shape index (κ2) is 12.3. The predicted molar refractivity (Wildman–Crippen MR) is 102 cm³/mol. The van der Waals surface area contributed by atoms with Crippen LogP contribution in [0.15, 0.2) is 0 Å². The highest BCUT2D eigenvalue weighted by Crippen LogP contribution is 2.32. The molecule has 0 aliphatic heterocycles. The lowest BCUT2D eigenvalue weighted by Crippen LogP contribution is -2.31. The lowest BCUT2D eigenvalue weighted by atomic mass is 9.83. The minimum atomic E-state index is -0.667. The van der Waals surface area contributed by atoms with E-state index in [2.05, 4.69) is 6.92 Å². The molecule has 0 aromatic heterocycles. The Morgan fingerprint density at radius 1 is 0.846 bits per heavy atom. The first-order valence-corrected chi connectivity index (χ1v) is 11.1. The Morgan fingerprint density at radius 2 is 1.54 bits per heavy atom. The molecule has 1 atom stereocenters. The molecule has 0 spiro atoms. The molecule has 1 unspecified atom stereocenters. The summed E-state index contributed by atoms with van der Waals surface area (Å²) in [7, 11) is 0. The lowest BCUT2D eigenvalue weighted by Gasteiger charge is -2.29. The number of carbonyl (C=O) groups excluding carboxylic acids is 2. The summed E-state index contributed by atoms with van der Waals surface area (Å²) in [6.45, 7) is 2.18. The third-order valence-electron chi connectivity index (χ3n) is 5.93. The highest BCUT2D eigenvalue weighted by Gasteiger charge is 2.30. The Kier molecular flexibility index (Phi) is 10.1. The van der Waals surface area contributed by atoms with Gasteiger partial charge >= 0.3 is 11.9 Å². The van der Waals surface area contributed by atoms with Crippen molar-refractivity contribution in [2.75, 3.05) is 0 Å². The average molecular weight is 367 g/mol. The first-order chi connectivity index (χ1) is 12.7. The molecule has 0 heterocycles. The van der Waals surface area contributed by atoms with Crippen LogP contribution in [0.4, 0.5) is 0 Å². The van der Waals surface area contributed by atoms with E-state index in [1.165, 1.54) is 38.5 Å². The van der Waals surface area contributed by atoms with Gasteiger partial charge in [-0.1, -0.05) is 77.6 Å². The van der Waals surface area contributed by atoms with Crippen LogP contribution in [0, 0.1) is 11.8 Å². The SMILES string of the molecule is CCCCCCCC(=O)OC(CC1CCC1)OC(=O)C1CCCCCC1. The zero-order valence-corrected chi connectivity index (χ0v) is 16.7. The third-order valence-corrected chi connectivity index (χ3v) is 5.93. The summed E-state index contributed by atoms with van der Waals surface area (Å²) in [5, 5.41) is 0. The Balaban J connectivity index is 1.76. The van der Waals surface area contributed by atoms with Gasteiger partial charge in [-0.25, -0.2) is 0 Å². The van der Waals surface area contributed by atoms with E-state index in [4.69, 9.17) is 9.47 Å². The van der Waals surface area contributed by atoms with E-state index in [1.807, 2.05) is 0 Å². The minimum Gasteiger partial charge on any atom is -0.425 e. The first-order valence-electron chi connectivity index (χ1n) is 11.1. The van der Waals surface area contributed by atoms with E-state index >= 15 is 0 Å². The molecule has 26 heavy (non-hydrogen) atoms. The number of hydrogen-bond donors (Lipinski definition) is 0. The number of carbonyl (C=O) groups is 2. The number of ether oxygens (including phenoxy) is 2. The molecule has 2 aliphatic rings. The van der Waals surface area contributed by atoms with Crippen molar-refractivity contribution in [2.45, 2.75) is 116 Å². The molecule has 0 N–H and O–H groups in total. The van der Waals surface area contributed by atoms with Gasteiger partial charge in [0.2, 0.25) is 6.29 Å². The topological polar surface area (TPSA) is 52.6 Å². The van der Waals surface area contributed by atoms with Crippen molar-refractivity contribution in [1.29, 1.82) is 0 Å². The highest BCUT2D eigenvalue weighted by molar-refractivity contribution is 5.73. The number of esters is 2. The van der Waals surface area contributed by atoms with Gasteiger partial charge in [-0.05, 0) is 25.2 Å². The van der Waals surface area contributed by atoms with Gasteiger partial charge in [0.25, 0.3) is 0 Å². The third kappa shape index (κ3) is 8.09. The van der Waals surface area contributed by atoms with Gasteiger partial charge in [0.15, 0.2) is 0 Å². The molecule has 2 rings (SSSR count). The molecule has 4 nitrogen and oxygen atoms in total. The largest absolute Gasteiger partial charge is 0.425 e. The number of hydrogen-bond acceptors (Lipinski definition) is 4. The van der Waals surface area contributed by atoms with Crippen LogP contribution in [0.3, 0.4) is 0 Å². The standard InChI is InChI=1S/C22H38O4/c1-2-3-4-5-10-16-20(23)25-21(17-18-12-11-13-18)26-22(24)19-14-8-6-7-9-15-19/h18-19,21H,2-17H2,1H3. The molecular weight excluding hydrogens is 328 g/mol. The van der Waals surface area contributed by atoms with Crippen LogP contribution in [-0.4, -0.2) is 18.2 Å². The summed E-state index contributed by atoms with van der Waals surface area (Å²) < 4.78 is 11.3. The van der Waals surface area contributed by atoms with Crippen molar-refractivity contribution in [3.05, 3.63) is 0 Å². The van der Waals surface area contributed by atoms with Crippen LogP contribution in [0.5, 0.6) is 0 Å². The molecule has 0 radical (unpaired) electrons. The van der Waals surface area contributed by atoms with Crippen molar-refractivity contribution in [1.82, 2.24) is 0 Å². The fourth-order valence-corrected chi connectivity index (χ4v) is 3.94. The Labute approximate surface area is 159 Å². The quantitative estimate of drug-likeness (QED) is 0.197. The smallest absolute Gasteiger partial charge is 0.312 e. The van der Waals surface area contributed by atoms with Gasteiger partial charge < -0.3 is 9.47 Å². The van der Waals surface area contributed by atoms with E-state index in [9.17, 15) is 9.59 Å². The van der Waals surface area contributed by atoms with E-state index in [-0.39, 0.29) is 17.9 Å². The Bertz CT molecular complexity index is 408. The molecule has 150 valence electrons. The maximum absolute atomic E-state index is 12.5. The molecule has 0 bridgehead atoms. The number of unbranched alkanes of at least 4 members (excludes halogenated alkanes) is 4. The maximum Gasteiger partial charge on any atom is 0.312 e. The summed E-state index contributed by atoms with van der Waals surface area (Å²) in [4.78, 5) is 24.7. The van der Waals surface area contributed by atoms with Crippen LogP contribution in [0.2, 0.25) is 0 Å². The van der Waals surface area contributed by atoms with Crippen LogP contribution in [0.1, 0.15) is 110 Å². The molecule has 2 fully saturated rings. The number of rotatable bonds is 11. The van der Waals surface area contributed by atoms with E-state index in [0.717, 1.165) is 51.4 Å². The van der Waals surface area contributed by atoms with Crippen LogP contribution in [-0.2, 0) is 19.1 Å². The molecule has 0 aromatic carbocycles. The van der Waals surface area contributed by atoms with Gasteiger partial charge in [-0.2, -0.15) is 0 Å². The highest BCUT2D eigenvalue weighted by atomic mass is 16.7. The van der Waals surface area contributed by atoms with Gasteiger partial charge in [-0.3, -0.25) is 9.59 Å². The van der Waals surface area contributed by atoms with Crippen molar-refractivity contribution in [3.63, 3.8) is 0 Å². The van der Waals surface area contributed by atoms with E-state index in [0.29, 0.717) is 18.8 Å². The Morgan fingerprint density at radius 3 is 2.15 bits per heavy atom. The summed E-state index contributed by atoms with van der Waals surface area (Å²) in [6.07, 6.45) is 16.0. The average Bonchev–Trinajstić information content (AvgIpc) is 2.87. The molecule has 2 aliphatic carbocycles. The van der Waals surface area contributed by atoms with Gasteiger partial charge in [0.05, 0.1) is 5.92 Å². The monoisotopic (exact) mass is 366 g/mol. The molecule has 0 amide bonds. The van der Waals surface area contributed by atoms with Crippen LogP contribution >= 0.6 is 0 Å². The summed E-state index contributed by atoms with van der Waals surface area (Å²) in [5.41, 5.74) is 0. The normalized spacial score (nSPS) is 20.0. The fraction of sp³-hybridized carbons (Fsp3) is 0.909. The van der Waals surface area contributed by atoms with Crippen molar-refractivity contribution >= 4 is 11.9 Å². The van der Waals surface area contributed by atoms with Crippen molar-refractivity contribution in [3.8, 4) is 0 Å². The van der Waals surface area contributed by atoms with Gasteiger partial charge in [0, 0.05) is 12.8 Å². The van der Waals surface area contributed by atoms with E-state index in [1.54, 1.807) is 0 Å². The van der Waals surface area contributed by atoms with Crippen molar-refractivity contribution in [2.24, 2.45) is 11.8 Å². The van der Waals surface area contributed by atoms with E-state index < -0.39 is 6.29 Å². The summed E-state index contributed by atoms with van der Waals surface area (Å²) in [6, 6.07) is 0. The molecule has 0 aromatic rings. The van der Waals surface area contributed by atoms with Gasteiger partial charge in [0.1, 0.15) is 0 Å². The fourth-order valence-electron chi connectivity index (χ4n) is 3.94. The maximum atomic E-state index is 12.5. The molecular formula is C22H38O4. The first kappa shape index (κ1) is 21.2. The van der Waals surface area contributed by atoms with Gasteiger partial charge in [-0.15, -0.1) is 0 Å². The lowest BCUT2D eigenvalue weighted by molar-refractivity contribution is -0.195. The minimum absolute atomic E-state index is 0.00543. The second-order valence-electron chi connectivity index (χ2n) is 8.24. The zero-order valence-electron chi connectivity index (χ0n) is 16.7. The van der Waals surface area contributed by atoms with Crippen molar-refractivity contribution < 1.29 is 19.1 Å². The second-order valence-corrected chi connectivity index (χ2v) is 8.24. The van der Waals surface area contributed by atoms with Crippen LogP contribution < -0.4 is 0 Å². The summed E-state index contributed by atoms with van der Waals surface area (Å²) in [5.74, 6) is 0.180. The Hall–Kier alpha value is -1.06. The molecule has 4 heteroatoms. The molecule has 0 saturated heterocycles. The summed E-state index contributed by atoms with van der Waals surface area (Å²) >= 11 is 0. The van der Waals surface area contributed by atoms with Crippen LogP contribution in [0.25, 0.3) is 0 Å².